The van der Waals surface area contributed by atoms with Crippen LogP contribution in [0.1, 0.15) is 29.7 Å². The molecule has 17 heavy (non-hydrogen) atoms. The van der Waals surface area contributed by atoms with Crippen molar-refractivity contribution in [2.75, 3.05) is 6.61 Å². The van der Waals surface area contributed by atoms with Crippen LogP contribution in [0, 0.1) is 13.8 Å². The van der Waals surface area contributed by atoms with Crippen molar-refractivity contribution in [1.82, 2.24) is 0 Å². The number of halogens is 1. The zero-order chi connectivity index (χ0) is 13.2. The van der Waals surface area contributed by atoms with Crippen molar-refractivity contribution in [3.63, 3.8) is 0 Å². The van der Waals surface area contributed by atoms with Gasteiger partial charge < -0.3 is 14.9 Å². The molecule has 0 aromatic heterocycles. The molecule has 0 aliphatic rings. The van der Waals surface area contributed by atoms with Gasteiger partial charge in [-0.05, 0) is 59.5 Å². The number of aliphatic hydroxyl groups excluding tert-OH is 1. The first-order valence-electron chi connectivity index (χ1n) is 5.23. The normalized spacial score (nSPS) is 12.3. The van der Waals surface area contributed by atoms with E-state index in [1.807, 2.05) is 0 Å². The monoisotopic (exact) mass is 302 g/mol. The third-order valence-electron chi connectivity index (χ3n) is 2.52. The van der Waals surface area contributed by atoms with E-state index in [1.165, 1.54) is 6.07 Å². The molecule has 1 rings (SSSR count). The van der Waals surface area contributed by atoms with E-state index in [9.17, 15) is 15.0 Å². The number of phenols is 1. The first-order valence-corrected chi connectivity index (χ1v) is 6.02. The summed E-state index contributed by atoms with van der Waals surface area (Å²) in [5.41, 5.74) is 1.74. The number of benzene rings is 1. The Morgan fingerprint density at radius 1 is 1.53 bits per heavy atom. The Hall–Kier alpha value is -1.07. The van der Waals surface area contributed by atoms with E-state index in [1.54, 1.807) is 20.8 Å². The van der Waals surface area contributed by atoms with Crippen LogP contribution in [0.15, 0.2) is 10.5 Å². The van der Waals surface area contributed by atoms with Gasteiger partial charge in [0.05, 0.1) is 11.1 Å². The number of carbonyl (C=O) groups excluding carboxylic acids is 1. The highest BCUT2D eigenvalue weighted by atomic mass is 79.9. The summed E-state index contributed by atoms with van der Waals surface area (Å²) < 4.78 is 5.24. The molecule has 5 heteroatoms. The fourth-order valence-corrected chi connectivity index (χ4v) is 2.04. The van der Waals surface area contributed by atoms with Gasteiger partial charge in [-0.1, -0.05) is 0 Å². The highest BCUT2D eigenvalue weighted by molar-refractivity contribution is 9.10. The lowest BCUT2D eigenvalue weighted by molar-refractivity contribution is -0.153. The number of hydrogen-bond acceptors (Lipinski definition) is 4. The molecule has 0 radical (unpaired) electrons. The molecule has 0 amide bonds. The summed E-state index contributed by atoms with van der Waals surface area (Å²) in [5.74, 6) is -0.601. The third-order valence-corrected chi connectivity index (χ3v) is 3.52. The number of ether oxygens (including phenoxy) is 1. The summed E-state index contributed by atoms with van der Waals surface area (Å²) in [5, 5.41) is 19.5. The Morgan fingerprint density at radius 2 is 2.12 bits per heavy atom. The standard InChI is InChI=1S/C12H15BrO4/c1-4-17-12(16)11(15)9-6(2)5-8(14)10(13)7(9)3/h5,11,14-15H,4H2,1-3H3. The Labute approximate surface area is 108 Å². The summed E-state index contributed by atoms with van der Waals surface area (Å²) in [6.07, 6.45) is -1.33. The summed E-state index contributed by atoms with van der Waals surface area (Å²) in [7, 11) is 0. The van der Waals surface area contributed by atoms with E-state index in [2.05, 4.69) is 15.9 Å². The number of carbonyl (C=O) groups is 1. The molecule has 0 spiro atoms. The average molecular weight is 303 g/mol. The number of aryl methyl sites for hydroxylation is 1. The fraction of sp³-hybridized carbons (Fsp3) is 0.417. The van der Waals surface area contributed by atoms with Crippen molar-refractivity contribution in [2.24, 2.45) is 0 Å². The van der Waals surface area contributed by atoms with Crippen LogP contribution in [0.2, 0.25) is 0 Å². The smallest absolute Gasteiger partial charge is 0.339 e. The van der Waals surface area contributed by atoms with E-state index in [0.29, 0.717) is 21.2 Å². The minimum absolute atomic E-state index is 0.0832. The Kier molecular flexibility index (Phi) is 4.54. The second kappa shape index (κ2) is 5.51. The third kappa shape index (κ3) is 2.79. The van der Waals surface area contributed by atoms with Gasteiger partial charge in [0, 0.05) is 0 Å². The molecule has 1 unspecified atom stereocenters. The van der Waals surface area contributed by atoms with Gasteiger partial charge in [-0.3, -0.25) is 0 Å². The minimum Gasteiger partial charge on any atom is -0.507 e. The molecule has 0 aliphatic heterocycles. The Balaban J connectivity index is 3.22. The van der Waals surface area contributed by atoms with Gasteiger partial charge in [-0.25, -0.2) is 4.79 Å². The van der Waals surface area contributed by atoms with Crippen LogP contribution < -0.4 is 0 Å². The molecule has 94 valence electrons. The topological polar surface area (TPSA) is 66.8 Å². The lowest BCUT2D eigenvalue weighted by Crippen LogP contribution is -2.17. The van der Waals surface area contributed by atoms with Gasteiger partial charge >= 0.3 is 5.97 Å². The number of rotatable bonds is 3. The predicted octanol–water partition coefficient (Wildman–Crippen LogP) is 2.37. The first-order chi connectivity index (χ1) is 7.90. The first kappa shape index (κ1) is 14.0. The number of esters is 1. The molecule has 0 fully saturated rings. The van der Waals surface area contributed by atoms with Crippen LogP contribution in [-0.2, 0) is 9.53 Å². The van der Waals surface area contributed by atoms with E-state index < -0.39 is 12.1 Å². The summed E-state index contributed by atoms with van der Waals surface area (Å²) in [4.78, 5) is 11.5. The van der Waals surface area contributed by atoms with Gasteiger partial charge in [-0.2, -0.15) is 0 Å². The molecule has 1 aromatic carbocycles. The lowest BCUT2D eigenvalue weighted by atomic mass is 9.97. The molecule has 1 aromatic rings. The molecule has 0 bridgehead atoms. The van der Waals surface area contributed by atoms with Crippen LogP contribution in [0.5, 0.6) is 5.75 Å². The van der Waals surface area contributed by atoms with Crippen LogP contribution in [0.25, 0.3) is 0 Å². The molecule has 1 atom stereocenters. The van der Waals surface area contributed by atoms with E-state index in [4.69, 9.17) is 4.74 Å². The largest absolute Gasteiger partial charge is 0.507 e. The van der Waals surface area contributed by atoms with Crippen molar-refractivity contribution in [3.8, 4) is 5.75 Å². The molecular weight excluding hydrogens is 288 g/mol. The zero-order valence-corrected chi connectivity index (χ0v) is 11.5. The molecule has 0 heterocycles. The molecule has 2 N–H and O–H groups in total. The fourth-order valence-electron chi connectivity index (χ4n) is 1.71. The SMILES string of the molecule is CCOC(=O)C(O)c1c(C)cc(O)c(Br)c1C. The second-order valence-electron chi connectivity index (χ2n) is 3.72. The summed E-state index contributed by atoms with van der Waals surface area (Å²) in [6, 6.07) is 1.49. The Bertz CT molecular complexity index is 443. The van der Waals surface area contributed by atoms with E-state index in [-0.39, 0.29) is 12.4 Å². The molecule has 0 saturated heterocycles. The van der Waals surface area contributed by atoms with Gasteiger partial charge in [0.1, 0.15) is 5.75 Å². The van der Waals surface area contributed by atoms with Crippen LogP contribution in [0.3, 0.4) is 0 Å². The minimum atomic E-state index is -1.33. The zero-order valence-electron chi connectivity index (χ0n) is 9.95. The van der Waals surface area contributed by atoms with Gasteiger partial charge in [0.25, 0.3) is 0 Å². The molecule has 0 aliphatic carbocycles. The van der Waals surface area contributed by atoms with Crippen molar-refractivity contribution in [2.45, 2.75) is 26.9 Å². The van der Waals surface area contributed by atoms with Crippen LogP contribution in [0.4, 0.5) is 0 Å². The number of aliphatic hydroxyl groups is 1. The van der Waals surface area contributed by atoms with Gasteiger partial charge in [0.15, 0.2) is 6.10 Å². The number of hydrogen-bond donors (Lipinski definition) is 2. The molecule has 4 nitrogen and oxygen atoms in total. The maximum Gasteiger partial charge on any atom is 0.339 e. The lowest BCUT2D eigenvalue weighted by Gasteiger charge is -2.17. The maximum absolute atomic E-state index is 11.5. The van der Waals surface area contributed by atoms with E-state index in [0.717, 1.165) is 0 Å². The molecular formula is C12H15BrO4. The summed E-state index contributed by atoms with van der Waals surface area (Å²) in [6.45, 7) is 5.33. The maximum atomic E-state index is 11.5. The molecule has 0 saturated carbocycles. The number of phenolic OH excluding ortho intramolecular Hbond substituents is 1. The van der Waals surface area contributed by atoms with Crippen LogP contribution in [-0.4, -0.2) is 22.8 Å². The predicted molar refractivity (Wildman–Crippen MR) is 66.9 cm³/mol. The number of aromatic hydroxyl groups is 1. The highest BCUT2D eigenvalue weighted by Crippen LogP contribution is 2.35. The van der Waals surface area contributed by atoms with E-state index >= 15 is 0 Å². The van der Waals surface area contributed by atoms with Crippen molar-refractivity contribution in [1.29, 1.82) is 0 Å². The quantitative estimate of drug-likeness (QED) is 0.841. The summed E-state index contributed by atoms with van der Waals surface area (Å²) >= 11 is 3.21. The van der Waals surface area contributed by atoms with Crippen molar-refractivity contribution < 1.29 is 19.7 Å². The highest BCUT2D eigenvalue weighted by Gasteiger charge is 2.24. The van der Waals surface area contributed by atoms with Crippen molar-refractivity contribution in [3.05, 3.63) is 27.2 Å². The second-order valence-corrected chi connectivity index (χ2v) is 4.51. The average Bonchev–Trinajstić information content (AvgIpc) is 2.26. The van der Waals surface area contributed by atoms with Crippen LogP contribution >= 0.6 is 15.9 Å². The Morgan fingerprint density at radius 3 is 2.65 bits per heavy atom. The van der Waals surface area contributed by atoms with Gasteiger partial charge in [-0.15, -0.1) is 0 Å². The van der Waals surface area contributed by atoms with Crippen molar-refractivity contribution >= 4 is 21.9 Å². The van der Waals surface area contributed by atoms with Gasteiger partial charge in [0.2, 0.25) is 0 Å².